The zero-order valence-corrected chi connectivity index (χ0v) is 9.79. The minimum Gasteiger partial charge on any atom is -0.396 e. The third-order valence-corrected chi connectivity index (χ3v) is 2.23. The van der Waals surface area contributed by atoms with E-state index in [0.29, 0.717) is 13.2 Å². The van der Waals surface area contributed by atoms with Crippen molar-refractivity contribution in [2.24, 2.45) is 5.92 Å². The summed E-state index contributed by atoms with van der Waals surface area (Å²) in [6.07, 6.45) is 2.93. The maximum absolute atomic E-state index is 10.6. The zero-order chi connectivity index (χ0) is 11.5. The Balaban J connectivity index is 3.33. The largest absolute Gasteiger partial charge is 0.396 e. The van der Waals surface area contributed by atoms with Crippen LogP contribution in [0.5, 0.6) is 0 Å². The molecule has 0 aliphatic rings. The van der Waals surface area contributed by atoms with Crippen molar-refractivity contribution < 1.29 is 14.6 Å². The van der Waals surface area contributed by atoms with Gasteiger partial charge in [0.15, 0.2) is 0 Å². The summed E-state index contributed by atoms with van der Waals surface area (Å²) in [7, 11) is 0. The molecular formula is C11H23NO3. The minimum atomic E-state index is 0.0167. The van der Waals surface area contributed by atoms with Gasteiger partial charge in [0.2, 0.25) is 5.91 Å². The lowest BCUT2D eigenvalue weighted by atomic mass is 10.0. The van der Waals surface area contributed by atoms with E-state index in [1.165, 1.54) is 6.92 Å². The molecule has 1 amide bonds. The van der Waals surface area contributed by atoms with E-state index in [9.17, 15) is 4.79 Å². The molecule has 0 bridgehead atoms. The molecule has 0 aromatic heterocycles. The van der Waals surface area contributed by atoms with Crippen LogP contribution in [-0.4, -0.2) is 37.4 Å². The third-order valence-electron chi connectivity index (χ3n) is 2.23. The lowest BCUT2D eigenvalue weighted by molar-refractivity contribution is -0.118. The number of hydrogen-bond donors (Lipinski definition) is 2. The number of ether oxygens (including phenoxy) is 1. The molecule has 4 heteroatoms. The Morgan fingerprint density at radius 2 is 2.20 bits per heavy atom. The summed E-state index contributed by atoms with van der Waals surface area (Å²) < 4.78 is 5.25. The molecule has 90 valence electrons. The number of carbonyl (C=O) groups is 1. The fourth-order valence-electron chi connectivity index (χ4n) is 1.33. The van der Waals surface area contributed by atoms with Gasteiger partial charge in [0, 0.05) is 32.6 Å². The van der Waals surface area contributed by atoms with Crippen molar-refractivity contribution in [2.75, 3.05) is 26.4 Å². The Morgan fingerprint density at radius 1 is 1.47 bits per heavy atom. The molecule has 0 rings (SSSR count). The van der Waals surface area contributed by atoms with E-state index >= 15 is 0 Å². The number of hydrogen-bond acceptors (Lipinski definition) is 3. The summed E-state index contributed by atoms with van der Waals surface area (Å²) in [5.74, 6) is 0.255. The van der Waals surface area contributed by atoms with Crippen LogP contribution in [0.4, 0.5) is 0 Å². The molecule has 0 aromatic carbocycles. The summed E-state index contributed by atoms with van der Waals surface area (Å²) >= 11 is 0. The molecule has 0 aliphatic heterocycles. The normalized spacial score (nSPS) is 12.5. The van der Waals surface area contributed by atoms with Gasteiger partial charge in [0.25, 0.3) is 0 Å². The number of rotatable bonds is 9. The number of carbonyl (C=O) groups excluding carboxylic acids is 1. The van der Waals surface area contributed by atoms with Crippen molar-refractivity contribution >= 4 is 5.91 Å². The van der Waals surface area contributed by atoms with E-state index in [4.69, 9.17) is 9.84 Å². The molecule has 0 fully saturated rings. The lowest BCUT2D eigenvalue weighted by Crippen LogP contribution is -2.21. The predicted octanol–water partition coefficient (Wildman–Crippen LogP) is 0.938. The number of amides is 1. The second-order valence-electron chi connectivity index (χ2n) is 3.69. The highest BCUT2D eigenvalue weighted by Gasteiger charge is 2.06. The van der Waals surface area contributed by atoms with Gasteiger partial charge in [0.05, 0.1) is 6.61 Å². The van der Waals surface area contributed by atoms with Crippen LogP contribution in [0.25, 0.3) is 0 Å². The number of unbranched alkanes of at least 4 members (excludes halogenated alkanes) is 1. The molecule has 0 saturated carbocycles. The molecule has 1 atom stereocenters. The van der Waals surface area contributed by atoms with Crippen molar-refractivity contribution in [1.82, 2.24) is 5.32 Å². The van der Waals surface area contributed by atoms with Gasteiger partial charge < -0.3 is 15.2 Å². The standard InChI is InChI=1S/C11H23NO3/c1-3-15-9-11(8-13)6-4-5-7-12-10(2)14/h11,13H,3-9H2,1-2H3,(H,12,14). The Bertz CT molecular complexity index is 162. The molecule has 2 N–H and O–H groups in total. The van der Waals surface area contributed by atoms with Crippen molar-refractivity contribution in [3.05, 3.63) is 0 Å². The molecule has 0 saturated heterocycles. The zero-order valence-electron chi connectivity index (χ0n) is 9.79. The molecule has 0 aromatic rings. The summed E-state index contributed by atoms with van der Waals surface area (Å²) in [4.78, 5) is 10.6. The lowest BCUT2D eigenvalue weighted by Gasteiger charge is -2.13. The van der Waals surface area contributed by atoms with Crippen LogP contribution in [0.15, 0.2) is 0 Å². The van der Waals surface area contributed by atoms with Crippen LogP contribution in [0, 0.1) is 5.92 Å². The molecule has 0 spiro atoms. The van der Waals surface area contributed by atoms with Gasteiger partial charge in [-0.25, -0.2) is 0 Å². The Labute approximate surface area is 92.0 Å². The first-order valence-electron chi connectivity index (χ1n) is 5.63. The maximum Gasteiger partial charge on any atom is 0.216 e. The number of nitrogens with one attached hydrogen (secondary N) is 1. The van der Waals surface area contributed by atoms with Gasteiger partial charge in [-0.2, -0.15) is 0 Å². The quantitative estimate of drug-likeness (QED) is 0.565. The summed E-state index contributed by atoms with van der Waals surface area (Å²) in [5, 5.41) is 11.8. The van der Waals surface area contributed by atoms with E-state index < -0.39 is 0 Å². The Kier molecular flexibility index (Phi) is 9.52. The van der Waals surface area contributed by atoms with Crippen molar-refractivity contribution in [3.63, 3.8) is 0 Å². The smallest absolute Gasteiger partial charge is 0.216 e. The summed E-state index contributed by atoms with van der Waals surface area (Å²) in [5.41, 5.74) is 0. The SMILES string of the molecule is CCOCC(CO)CCCCNC(C)=O. The number of aliphatic hydroxyl groups is 1. The second kappa shape index (κ2) is 9.93. The molecule has 15 heavy (non-hydrogen) atoms. The average molecular weight is 217 g/mol. The van der Waals surface area contributed by atoms with E-state index in [1.807, 2.05) is 6.92 Å². The van der Waals surface area contributed by atoms with Gasteiger partial charge in [-0.05, 0) is 19.8 Å². The highest BCUT2D eigenvalue weighted by atomic mass is 16.5. The predicted molar refractivity (Wildman–Crippen MR) is 59.6 cm³/mol. The van der Waals surface area contributed by atoms with Crippen LogP contribution in [-0.2, 0) is 9.53 Å². The van der Waals surface area contributed by atoms with Gasteiger partial charge >= 0.3 is 0 Å². The fourth-order valence-corrected chi connectivity index (χ4v) is 1.33. The molecule has 1 unspecified atom stereocenters. The van der Waals surface area contributed by atoms with Crippen LogP contribution in [0.2, 0.25) is 0 Å². The van der Waals surface area contributed by atoms with E-state index in [1.54, 1.807) is 0 Å². The van der Waals surface area contributed by atoms with Gasteiger partial charge in [-0.15, -0.1) is 0 Å². The Hall–Kier alpha value is -0.610. The first-order chi connectivity index (χ1) is 7.20. The van der Waals surface area contributed by atoms with E-state index in [-0.39, 0.29) is 18.4 Å². The van der Waals surface area contributed by atoms with Crippen molar-refractivity contribution in [3.8, 4) is 0 Å². The Morgan fingerprint density at radius 3 is 2.73 bits per heavy atom. The van der Waals surface area contributed by atoms with Crippen molar-refractivity contribution in [1.29, 1.82) is 0 Å². The first kappa shape index (κ1) is 14.4. The first-order valence-corrected chi connectivity index (χ1v) is 5.63. The monoisotopic (exact) mass is 217 g/mol. The van der Waals surface area contributed by atoms with E-state index in [2.05, 4.69) is 5.32 Å². The molecule has 0 radical (unpaired) electrons. The number of aliphatic hydroxyl groups excluding tert-OH is 1. The van der Waals surface area contributed by atoms with Gasteiger partial charge in [0.1, 0.15) is 0 Å². The van der Waals surface area contributed by atoms with Crippen LogP contribution in [0.1, 0.15) is 33.1 Å². The fraction of sp³-hybridized carbons (Fsp3) is 0.909. The van der Waals surface area contributed by atoms with Gasteiger partial charge in [-0.3, -0.25) is 4.79 Å². The second-order valence-corrected chi connectivity index (χ2v) is 3.69. The topological polar surface area (TPSA) is 58.6 Å². The molecule has 0 heterocycles. The highest BCUT2D eigenvalue weighted by Crippen LogP contribution is 2.08. The van der Waals surface area contributed by atoms with Crippen molar-refractivity contribution in [2.45, 2.75) is 33.1 Å². The third kappa shape index (κ3) is 9.69. The highest BCUT2D eigenvalue weighted by molar-refractivity contribution is 5.72. The molecule has 4 nitrogen and oxygen atoms in total. The molecular weight excluding hydrogens is 194 g/mol. The van der Waals surface area contributed by atoms with Crippen LogP contribution >= 0.6 is 0 Å². The average Bonchev–Trinajstić information content (AvgIpc) is 2.21. The summed E-state index contributed by atoms with van der Waals surface area (Å²) in [6.45, 7) is 5.70. The summed E-state index contributed by atoms with van der Waals surface area (Å²) in [6, 6.07) is 0. The van der Waals surface area contributed by atoms with E-state index in [0.717, 1.165) is 25.8 Å². The van der Waals surface area contributed by atoms with Crippen LogP contribution < -0.4 is 5.32 Å². The maximum atomic E-state index is 10.6. The minimum absolute atomic E-state index is 0.0167. The molecule has 0 aliphatic carbocycles. The van der Waals surface area contributed by atoms with Crippen LogP contribution in [0.3, 0.4) is 0 Å². The van der Waals surface area contributed by atoms with Gasteiger partial charge in [-0.1, -0.05) is 6.42 Å².